The van der Waals surface area contributed by atoms with Crippen LogP contribution in [-0.4, -0.2) is 50.0 Å². The number of amides is 1. The van der Waals surface area contributed by atoms with Crippen molar-refractivity contribution < 1.29 is 9.21 Å². The molecule has 0 bridgehead atoms. The summed E-state index contributed by atoms with van der Waals surface area (Å²) >= 11 is 0. The highest BCUT2D eigenvalue weighted by molar-refractivity contribution is 14.0. The number of furan rings is 1. The minimum atomic E-state index is -0.258. The van der Waals surface area contributed by atoms with Crippen molar-refractivity contribution in [3.63, 3.8) is 0 Å². The SMILES string of the molecule is CN=C(NCc1ccc(NC(=O)c2ccco2)cc1)N1CCN(c2ccccc2)CC1.I. The molecule has 0 saturated carbocycles. The molecule has 3 aromatic rings. The Morgan fingerprint density at radius 1 is 0.969 bits per heavy atom. The zero-order valence-corrected chi connectivity index (χ0v) is 20.4. The first-order chi connectivity index (χ1) is 15.2. The van der Waals surface area contributed by atoms with Gasteiger partial charge in [0.25, 0.3) is 5.91 Å². The van der Waals surface area contributed by atoms with Gasteiger partial charge in [0.2, 0.25) is 0 Å². The van der Waals surface area contributed by atoms with Crippen LogP contribution < -0.4 is 15.5 Å². The molecule has 2 N–H and O–H groups in total. The Kier molecular flexibility index (Phi) is 8.55. The molecule has 1 aliphatic rings. The standard InChI is InChI=1S/C24H27N5O2.HI/c1-25-24(29-15-13-28(14-16-29)21-6-3-2-4-7-21)26-18-19-9-11-20(12-10-19)27-23(30)22-8-5-17-31-22;/h2-12,17H,13-16,18H2,1H3,(H,25,26)(H,27,30);1H. The van der Waals surface area contributed by atoms with Crippen LogP contribution in [0.3, 0.4) is 0 Å². The molecule has 1 aliphatic heterocycles. The van der Waals surface area contributed by atoms with Crippen molar-refractivity contribution in [3.05, 3.63) is 84.3 Å². The molecule has 2 aromatic carbocycles. The lowest BCUT2D eigenvalue weighted by Crippen LogP contribution is -2.52. The van der Waals surface area contributed by atoms with Gasteiger partial charge in [0.15, 0.2) is 11.7 Å². The molecular formula is C24H28IN5O2. The van der Waals surface area contributed by atoms with E-state index in [4.69, 9.17) is 4.42 Å². The summed E-state index contributed by atoms with van der Waals surface area (Å²) in [6.45, 7) is 4.44. The van der Waals surface area contributed by atoms with E-state index in [1.165, 1.54) is 12.0 Å². The number of anilines is 2. The number of aliphatic imine (C=N–C) groups is 1. The van der Waals surface area contributed by atoms with Crippen LogP contribution in [0.1, 0.15) is 16.1 Å². The number of hydrogen-bond donors (Lipinski definition) is 2. The number of carbonyl (C=O) groups excluding carboxylic acids is 1. The first kappa shape index (κ1) is 23.6. The zero-order chi connectivity index (χ0) is 21.5. The molecule has 1 amide bonds. The molecule has 7 nitrogen and oxygen atoms in total. The van der Waals surface area contributed by atoms with Gasteiger partial charge in [0.05, 0.1) is 6.26 Å². The van der Waals surface area contributed by atoms with Crippen LogP contribution in [0.2, 0.25) is 0 Å². The lowest BCUT2D eigenvalue weighted by Gasteiger charge is -2.37. The van der Waals surface area contributed by atoms with E-state index in [1.807, 2.05) is 37.4 Å². The Morgan fingerprint density at radius 3 is 2.31 bits per heavy atom. The lowest BCUT2D eigenvalue weighted by molar-refractivity contribution is 0.0996. The molecule has 1 fully saturated rings. The monoisotopic (exact) mass is 545 g/mol. The molecule has 1 aromatic heterocycles. The minimum Gasteiger partial charge on any atom is -0.459 e. The highest BCUT2D eigenvalue weighted by Crippen LogP contribution is 2.16. The fourth-order valence-electron chi connectivity index (χ4n) is 3.64. The van der Waals surface area contributed by atoms with E-state index in [0.717, 1.165) is 43.4 Å². The highest BCUT2D eigenvalue weighted by atomic mass is 127. The highest BCUT2D eigenvalue weighted by Gasteiger charge is 2.19. The maximum atomic E-state index is 12.1. The smallest absolute Gasteiger partial charge is 0.291 e. The number of para-hydroxylation sites is 1. The second-order valence-electron chi connectivity index (χ2n) is 7.34. The summed E-state index contributed by atoms with van der Waals surface area (Å²) in [5.74, 6) is 0.940. The molecule has 0 atom stereocenters. The van der Waals surface area contributed by atoms with Crippen LogP contribution in [0.25, 0.3) is 0 Å². The van der Waals surface area contributed by atoms with E-state index < -0.39 is 0 Å². The van der Waals surface area contributed by atoms with Gasteiger partial charge >= 0.3 is 0 Å². The van der Waals surface area contributed by atoms with Crippen LogP contribution in [0.15, 0.2) is 82.4 Å². The number of nitrogens with one attached hydrogen (secondary N) is 2. The first-order valence-corrected chi connectivity index (χ1v) is 10.4. The number of hydrogen-bond acceptors (Lipinski definition) is 4. The Balaban J connectivity index is 0.00000289. The third-order valence-electron chi connectivity index (χ3n) is 5.32. The third-order valence-corrected chi connectivity index (χ3v) is 5.32. The molecule has 2 heterocycles. The maximum Gasteiger partial charge on any atom is 0.291 e. The van der Waals surface area contributed by atoms with Crippen molar-refractivity contribution in [3.8, 4) is 0 Å². The molecule has 0 spiro atoms. The Bertz CT molecular complexity index is 999. The third kappa shape index (κ3) is 6.03. The van der Waals surface area contributed by atoms with Crippen molar-refractivity contribution in [1.82, 2.24) is 10.2 Å². The molecule has 4 rings (SSSR count). The van der Waals surface area contributed by atoms with E-state index >= 15 is 0 Å². The number of rotatable bonds is 5. The van der Waals surface area contributed by atoms with Gasteiger partial charge in [-0.1, -0.05) is 30.3 Å². The van der Waals surface area contributed by atoms with Crippen molar-refractivity contribution in [1.29, 1.82) is 0 Å². The molecule has 8 heteroatoms. The van der Waals surface area contributed by atoms with Crippen molar-refractivity contribution >= 4 is 47.2 Å². The van der Waals surface area contributed by atoms with E-state index in [1.54, 1.807) is 12.1 Å². The molecule has 1 saturated heterocycles. The normalized spacial score (nSPS) is 14.0. The summed E-state index contributed by atoms with van der Waals surface area (Å²) < 4.78 is 5.11. The van der Waals surface area contributed by atoms with E-state index in [-0.39, 0.29) is 29.9 Å². The molecule has 0 unspecified atom stereocenters. The number of benzene rings is 2. The van der Waals surface area contributed by atoms with Crippen molar-refractivity contribution in [2.45, 2.75) is 6.54 Å². The quantitative estimate of drug-likeness (QED) is 0.288. The van der Waals surface area contributed by atoms with Gasteiger partial charge in [0, 0.05) is 51.1 Å². The lowest BCUT2D eigenvalue weighted by atomic mass is 10.2. The summed E-state index contributed by atoms with van der Waals surface area (Å²) in [5.41, 5.74) is 3.11. The van der Waals surface area contributed by atoms with Gasteiger partial charge in [-0.05, 0) is 42.0 Å². The van der Waals surface area contributed by atoms with Gasteiger partial charge in [0.1, 0.15) is 0 Å². The summed E-state index contributed by atoms with van der Waals surface area (Å²) in [7, 11) is 1.82. The predicted octanol–water partition coefficient (Wildman–Crippen LogP) is 4.05. The van der Waals surface area contributed by atoms with Crippen molar-refractivity contribution in [2.75, 3.05) is 43.4 Å². The molecule has 0 aliphatic carbocycles. The molecule has 32 heavy (non-hydrogen) atoms. The number of piperazine rings is 1. The minimum absolute atomic E-state index is 0. The number of guanidine groups is 1. The van der Waals surface area contributed by atoms with Gasteiger partial charge in [-0.2, -0.15) is 0 Å². The Morgan fingerprint density at radius 2 is 1.69 bits per heavy atom. The van der Waals surface area contributed by atoms with E-state index in [9.17, 15) is 4.79 Å². The molecular weight excluding hydrogens is 517 g/mol. The summed E-state index contributed by atoms with van der Waals surface area (Å²) in [5, 5.41) is 6.27. The van der Waals surface area contributed by atoms with Gasteiger partial charge < -0.3 is 24.9 Å². The van der Waals surface area contributed by atoms with Crippen LogP contribution in [0, 0.1) is 0 Å². The first-order valence-electron chi connectivity index (χ1n) is 10.4. The molecule has 168 valence electrons. The van der Waals surface area contributed by atoms with Gasteiger partial charge in [-0.3, -0.25) is 9.79 Å². The van der Waals surface area contributed by atoms with Crippen LogP contribution in [0.5, 0.6) is 0 Å². The predicted molar refractivity (Wildman–Crippen MR) is 139 cm³/mol. The second kappa shape index (κ2) is 11.6. The topological polar surface area (TPSA) is 73.1 Å². The maximum absolute atomic E-state index is 12.1. The summed E-state index contributed by atoms with van der Waals surface area (Å²) in [6, 6.07) is 21.6. The van der Waals surface area contributed by atoms with Crippen LogP contribution in [0.4, 0.5) is 11.4 Å². The van der Waals surface area contributed by atoms with E-state index in [0.29, 0.717) is 12.3 Å². The summed E-state index contributed by atoms with van der Waals surface area (Å²) in [4.78, 5) is 21.2. The Labute approximate surface area is 205 Å². The zero-order valence-electron chi connectivity index (χ0n) is 18.0. The fraction of sp³-hybridized carbons (Fsp3) is 0.250. The largest absolute Gasteiger partial charge is 0.459 e. The average Bonchev–Trinajstić information content (AvgIpc) is 3.37. The number of halogens is 1. The van der Waals surface area contributed by atoms with Crippen LogP contribution in [-0.2, 0) is 6.54 Å². The van der Waals surface area contributed by atoms with Crippen LogP contribution >= 0.6 is 24.0 Å². The number of carbonyl (C=O) groups is 1. The van der Waals surface area contributed by atoms with Gasteiger partial charge in [-0.15, -0.1) is 24.0 Å². The summed E-state index contributed by atoms with van der Waals surface area (Å²) in [6.07, 6.45) is 1.48. The van der Waals surface area contributed by atoms with Gasteiger partial charge in [-0.25, -0.2) is 0 Å². The number of nitrogens with zero attached hydrogens (tertiary/aromatic N) is 3. The Hall–Kier alpha value is -3.01. The molecule has 0 radical (unpaired) electrons. The second-order valence-corrected chi connectivity index (χ2v) is 7.34. The van der Waals surface area contributed by atoms with Crippen molar-refractivity contribution in [2.24, 2.45) is 4.99 Å². The van der Waals surface area contributed by atoms with E-state index in [2.05, 4.69) is 49.7 Å². The average molecular weight is 545 g/mol. The fourth-order valence-corrected chi connectivity index (χ4v) is 3.64.